The zero-order chi connectivity index (χ0) is 12.3. The van der Waals surface area contributed by atoms with Gasteiger partial charge in [-0.05, 0) is 13.8 Å². The zero-order valence-electron chi connectivity index (χ0n) is 9.35. The maximum Gasteiger partial charge on any atom is 0.288 e. The minimum Gasteiger partial charge on any atom is -0.360 e. The molecule has 6 nitrogen and oxygen atoms in total. The van der Waals surface area contributed by atoms with E-state index in [1.54, 1.807) is 0 Å². The summed E-state index contributed by atoms with van der Waals surface area (Å²) in [5.74, 6) is -0.277. The van der Waals surface area contributed by atoms with Crippen LogP contribution in [0.1, 0.15) is 22.4 Å². The van der Waals surface area contributed by atoms with Crippen LogP contribution in [0.4, 0.5) is 10.3 Å². The first kappa shape index (κ1) is 11.9. The summed E-state index contributed by atoms with van der Waals surface area (Å²) in [6.07, 6.45) is 0. The molecule has 2 rings (SSSR count). The molecular formula is C9H11N5OS2. The van der Waals surface area contributed by atoms with Gasteiger partial charge in [0.1, 0.15) is 0 Å². The fourth-order valence-electron chi connectivity index (χ4n) is 1.10. The molecule has 0 spiro atoms. The van der Waals surface area contributed by atoms with Gasteiger partial charge in [-0.15, -0.1) is 21.5 Å². The van der Waals surface area contributed by atoms with E-state index in [1.807, 2.05) is 19.2 Å². The largest absolute Gasteiger partial charge is 0.360 e. The lowest BCUT2D eigenvalue weighted by molar-refractivity contribution is 0.102. The number of hydrogen-bond donors (Lipinski definition) is 2. The standard InChI is InChI=1S/C9H11N5OS2/c1-3-10-8-14-13-7(17-8)6(15)12-9-11-5(2)4-16-9/h4H,3H2,1-2H3,(H,10,14)(H,11,12,15). The molecular weight excluding hydrogens is 258 g/mol. The lowest BCUT2D eigenvalue weighted by Crippen LogP contribution is -2.11. The molecule has 0 bridgehead atoms. The van der Waals surface area contributed by atoms with Gasteiger partial charge < -0.3 is 5.32 Å². The van der Waals surface area contributed by atoms with E-state index in [1.165, 1.54) is 22.7 Å². The summed E-state index contributed by atoms with van der Waals surface area (Å²) in [6, 6.07) is 0. The van der Waals surface area contributed by atoms with E-state index in [0.29, 0.717) is 15.3 Å². The van der Waals surface area contributed by atoms with Gasteiger partial charge in [-0.3, -0.25) is 10.1 Å². The topological polar surface area (TPSA) is 79.8 Å². The average Bonchev–Trinajstić information content (AvgIpc) is 2.88. The Hall–Kier alpha value is -1.54. The van der Waals surface area contributed by atoms with Crippen molar-refractivity contribution in [3.63, 3.8) is 0 Å². The molecule has 0 atom stereocenters. The van der Waals surface area contributed by atoms with Crippen molar-refractivity contribution in [3.8, 4) is 0 Å². The van der Waals surface area contributed by atoms with E-state index in [-0.39, 0.29) is 5.91 Å². The van der Waals surface area contributed by atoms with Gasteiger partial charge in [-0.2, -0.15) is 0 Å². The quantitative estimate of drug-likeness (QED) is 0.887. The number of amides is 1. The highest BCUT2D eigenvalue weighted by Crippen LogP contribution is 2.18. The molecule has 0 radical (unpaired) electrons. The minimum absolute atomic E-state index is 0.277. The highest BCUT2D eigenvalue weighted by Gasteiger charge is 2.13. The van der Waals surface area contributed by atoms with Gasteiger partial charge >= 0.3 is 0 Å². The molecule has 2 N–H and O–H groups in total. The minimum atomic E-state index is -0.277. The van der Waals surface area contributed by atoms with Gasteiger partial charge in [-0.1, -0.05) is 11.3 Å². The van der Waals surface area contributed by atoms with Crippen LogP contribution in [0.3, 0.4) is 0 Å². The smallest absolute Gasteiger partial charge is 0.288 e. The Labute approximate surface area is 106 Å². The predicted octanol–water partition coefficient (Wildman–Crippen LogP) is 1.99. The second-order valence-corrected chi connectivity index (χ2v) is 5.03. The summed E-state index contributed by atoms with van der Waals surface area (Å²) in [5, 5.41) is 16.8. The predicted molar refractivity (Wildman–Crippen MR) is 68.9 cm³/mol. The normalized spacial score (nSPS) is 10.2. The van der Waals surface area contributed by atoms with Crippen LogP contribution < -0.4 is 10.6 Å². The van der Waals surface area contributed by atoms with Gasteiger partial charge in [0.15, 0.2) is 5.13 Å². The summed E-state index contributed by atoms with van der Waals surface area (Å²) in [6.45, 7) is 4.59. The maximum absolute atomic E-state index is 11.8. The molecule has 1 amide bonds. The Balaban J connectivity index is 2.03. The lowest BCUT2D eigenvalue weighted by atomic mass is 10.6. The molecule has 0 unspecified atom stereocenters. The number of nitrogens with one attached hydrogen (secondary N) is 2. The van der Waals surface area contributed by atoms with Gasteiger partial charge in [0.05, 0.1) is 5.69 Å². The number of carbonyl (C=O) groups is 1. The molecule has 0 aliphatic rings. The van der Waals surface area contributed by atoms with Crippen LogP contribution in [0.25, 0.3) is 0 Å². The highest BCUT2D eigenvalue weighted by atomic mass is 32.1. The van der Waals surface area contributed by atoms with Crippen molar-refractivity contribution < 1.29 is 4.79 Å². The van der Waals surface area contributed by atoms with E-state index < -0.39 is 0 Å². The molecule has 0 aliphatic carbocycles. The Morgan fingerprint density at radius 3 is 2.88 bits per heavy atom. The molecule has 0 saturated carbocycles. The number of nitrogens with zero attached hydrogens (tertiary/aromatic N) is 3. The van der Waals surface area contributed by atoms with Gasteiger partial charge in [0.25, 0.3) is 5.91 Å². The Kier molecular flexibility index (Phi) is 3.64. The lowest BCUT2D eigenvalue weighted by Gasteiger charge is -1.95. The fraction of sp³-hybridized carbons (Fsp3) is 0.333. The van der Waals surface area contributed by atoms with Crippen molar-refractivity contribution >= 4 is 38.8 Å². The van der Waals surface area contributed by atoms with Crippen LogP contribution in [0, 0.1) is 6.92 Å². The molecule has 0 aliphatic heterocycles. The first-order chi connectivity index (χ1) is 8.19. The van der Waals surface area contributed by atoms with Crippen LogP contribution in [-0.4, -0.2) is 27.6 Å². The second-order valence-electron chi connectivity index (χ2n) is 3.19. The maximum atomic E-state index is 11.8. The van der Waals surface area contributed by atoms with Crippen LogP contribution in [0.15, 0.2) is 5.38 Å². The SMILES string of the molecule is CCNc1nnc(C(=O)Nc2nc(C)cs2)s1. The third kappa shape index (κ3) is 2.98. The van der Waals surface area contributed by atoms with E-state index in [2.05, 4.69) is 25.8 Å². The Bertz CT molecular complexity index is 521. The number of carbonyl (C=O) groups excluding carboxylic acids is 1. The van der Waals surface area contributed by atoms with E-state index in [4.69, 9.17) is 0 Å². The van der Waals surface area contributed by atoms with Crippen LogP contribution in [0.5, 0.6) is 0 Å². The summed E-state index contributed by atoms with van der Waals surface area (Å²) >= 11 is 2.61. The Morgan fingerprint density at radius 2 is 2.24 bits per heavy atom. The molecule has 90 valence electrons. The molecule has 8 heteroatoms. The Morgan fingerprint density at radius 1 is 1.41 bits per heavy atom. The van der Waals surface area contributed by atoms with Crippen molar-refractivity contribution in [3.05, 3.63) is 16.1 Å². The molecule has 0 fully saturated rings. The summed E-state index contributed by atoms with van der Waals surface area (Å²) in [4.78, 5) is 15.9. The van der Waals surface area contributed by atoms with Crippen LogP contribution in [0.2, 0.25) is 0 Å². The molecule has 0 aromatic carbocycles. The van der Waals surface area contributed by atoms with Crippen LogP contribution in [-0.2, 0) is 0 Å². The zero-order valence-corrected chi connectivity index (χ0v) is 11.0. The monoisotopic (exact) mass is 269 g/mol. The molecule has 2 heterocycles. The van der Waals surface area contributed by atoms with E-state index in [0.717, 1.165) is 12.2 Å². The van der Waals surface area contributed by atoms with Crippen molar-refractivity contribution in [2.45, 2.75) is 13.8 Å². The highest BCUT2D eigenvalue weighted by molar-refractivity contribution is 7.17. The molecule has 2 aromatic rings. The third-order valence-electron chi connectivity index (χ3n) is 1.79. The summed E-state index contributed by atoms with van der Waals surface area (Å²) < 4.78 is 0. The number of aryl methyl sites for hydroxylation is 1. The summed E-state index contributed by atoms with van der Waals surface area (Å²) in [7, 11) is 0. The molecule has 2 aromatic heterocycles. The van der Waals surface area contributed by atoms with Crippen molar-refractivity contribution in [1.29, 1.82) is 0 Å². The number of anilines is 2. The number of thiazole rings is 1. The first-order valence-electron chi connectivity index (χ1n) is 5.00. The fourth-order valence-corrected chi connectivity index (χ4v) is 2.49. The van der Waals surface area contributed by atoms with E-state index in [9.17, 15) is 4.79 Å². The van der Waals surface area contributed by atoms with Gasteiger partial charge in [-0.25, -0.2) is 4.98 Å². The van der Waals surface area contributed by atoms with Gasteiger partial charge in [0, 0.05) is 11.9 Å². The number of hydrogen-bond acceptors (Lipinski definition) is 7. The van der Waals surface area contributed by atoms with Crippen LogP contribution >= 0.6 is 22.7 Å². The third-order valence-corrected chi connectivity index (χ3v) is 3.54. The van der Waals surface area contributed by atoms with E-state index >= 15 is 0 Å². The van der Waals surface area contributed by atoms with Crippen molar-refractivity contribution in [1.82, 2.24) is 15.2 Å². The number of aromatic nitrogens is 3. The van der Waals surface area contributed by atoms with Crippen molar-refractivity contribution in [2.75, 3.05) is 17.2 Å². The summed E-state index contributed by atoms with van der Waals surface area (Å²) in [5.41, 5.74) is 0.885. The molecule has 0 saturated heterocycles. The molecule has 17 heavy (non-hydrogen) atoms. The van der Waals surface area contributed by atoms with Gasteiger partial charge in [0.2, 0.25) is 10.1 Å². The first-order valence-corrected chi connectivity index (χ1v) is 6.69. The van der Waals surface area contributed by atoms with Crippen molar-refractivity contribution in [2.24, 2.45) is 0 Å². The average molecular weight is 269 g/mol. The number of rotatable bonds is 4. The second kappa shape index (κ2) is 5.19.